The second-order valence-electron chi connectivity index (χ2n) is 3.06. The predicted molar refractivity (Wildman–Crippen MR) is 58.0 cm³/mol. The minimum Gasteiger partial charge on any atom is -0.508 e. The molecule has 0 fully saturated rings. The normalized spacial score (nSPS) is 11.4. The highest BCUT2D eigenvalue weighted by atomic mass is 35.5. The van der Waals surface area contributed by atoms with Gasteiger partial charge in [-0.25, -0.2) is 4.79 Å². The van der Waals surface area contributed by atoms with Crippen LogP contribution in [-0.2, 0) is 11.2 Å². The smallest absolute Gasteiger partial charge is 0.346 e. The van der Waals surface area contributed by atoms with Crippen molar-refractivity contribution in [2.75, 3.05) is 0 Å². The van der Waals surface area contributed by atoms with Gasteiger partial charge in [-0.3, -0.25) is 0 Å². The van der Waals surface area contributed by atoms with Crippen molar-refractivity contribution >= 4 is 17.6 Å². The SMILES string of the molecule is O=C(O)C(Cl)=CCCc1ccc(O)cc1. The number of carbonyl (C=O) groups is 1. The Kier molecular flexibility index (Phi) is 4.18. The molecule has 0 heterocycles. The molecule has 0 amide bonds. The standard InChI is InChI=1S/C11H11ClO3/c12-10(11(14)15)3-1-2-8-4-6-9(13)7-5-8/h3-7,13H,1-2H2,(H,14,15). The van der Waals surface area contributed by atoms with Gasteiger partial charge in [0.15, 0.2) is 0 Å². The maximum absolute atomic E-state index is 10.4. The van der Waals surface area contributed by atoms with Gasteiger partial charge < -0.3 is 10.2 Å². The predicted octanol–water partition coefficient (Wildman–Crippen LogP) is 2.53. The third-order valence-electron chi connectivity index (χ3n) is 1.90. The van der Waals surface area contributed by atoms with Crippen molar-refractivity contribution in [3.8, 4) is 5.75 Å². The molecule has 2 N–H and O–H groups in total. The van der Waals surface area contributed by atoms with Crippen LogP contribution in [0.1, 0.15) is 12.0 Å². The number of allylic oxidation sites excluding steroid dienone is 1. The molecular weight excluding hydrogens is 216 g/mol. The zero-order valence-corrected chi connectivity index (χ0v) is 8.74. The molecule has 0 aromatic heterocycles. The van der Waals surface area contributed by atoms with Crippen LogP contribution in [0.25, 0.3) is 0 Å². The van der Waals surface area contributed by atoms with Gasteiger partial charge in [0.05, 0.1) is 0 Å². The van der Waals surface area contributed by atoms with Crippen LogP contribution in [0.4, 0.5) is 0 Å². The summed E-state index contributed by atoms with van der Waals surface area (Å²) in [6.45, 7) is 0. The number of benzene rings is 1. The van der Waals surface area contributed by atoms with E-state index in [4.69, 9.17) is 21.8 Å². The van der Waals surface area contributed by atoms with Crippen molar-refractivity contribution in [2.45, 2.75) is 12.8 Å². The van der Waals surface area contributed by atoms with E-state index in [0.717, 1.165) is 5.56 Å². The lowest BCUT2D eigenvalue weighted by molar-refractivity contribution is -0.131. The van der Waals surface area contributed by atoms with E-state index in [1.54, 1.807) is 24.3 Å². The molecule has 1 aromatic rings. The van der Waals surface area contributed by atoms with Gasteiger partial charge in [0.25, 0.3) is 0 Å². The molecule has 1 aromatic carbocycles. The van der Waals surface area contributed by atoms with Crippen molar-refractivity contribution in [3.05, 3.63) is 40.9 Å². The van der Waals surface area contributed by atoms with Gasteiger partial charge in [-0.15, -0.1) is 0 Å². The first-order valence-electron chi connectivity index (χ1n) is 4.46. The first-order valence-corrected chi connectivity index (χ1v) is 4.84. The van der Waals surface area contributed by atoms with Gasteiger partial charge in [0, 0.05) is 0 Å². The van der Waals surface area contributed by atoms with Crippen molar-refractivity contribution in [2.24, 2.45) is 0 Å². The molecule has 80 valence electrons. The van der Waals surface area contributed by atoms with Crippen LogP contribution in [0.5, 0.6) is 5.75 Å². The Labute approximate surface area is 92.6 Å². The third kappa shape index (κ3) is 4.04. The van der Waals surface area contributed by atoms with Crippen LogP contribution in [0.2, 0.25) is 0 Å². The number of aryl methyl sites for hydroxylation is 1. The number of carboxylic acids is 1. The van der Waals surface area contributed by atoms with Crippen LogP contribution in [0, 0.1) is 0 Å². The van der Waals surface area contributed by atoms with E-state index in [-0.39, 0.29) is 10.8 Å². The van der Waals surface area contributed by atoms with E-state index in [1.807, 2.05) is 0 Å². The fourth-order valence-electron chi connectivity index (χ4n) is 1.12. The van der Waals surface area contributed by atoms with Crippen LogP contribution >= 0.6 is 11.6 Å². The molecule has 1 rings (SSSR count). The van der Waals surface area contributed by atoms with E-state index in [9.17, 15) is 4.79 Å². The molecule has 0 unspecified atom stereocenters. The Morgan fingerprint density at radius 3 is 2.47 bits per heavy atom. The molecule has 0 saturated carbocycles. The molecule has 0 radical (unpaired) electrons. The van der Waals surface area contributed by atoms with E-state index in [1.165, 1.54) is 6.08 Å². The zero-order chi connectivity index (χ0) is 11.3. The van der Waals surface area contributed by atoms with Gasteiger partial charge in [-0.2, -0.15) is 0 Å². The number of hydrogen-bond acceptors (Lipinski definition) is 2. The van der Waals surface area contributed by atoms with Crippen LogP contribution in [-0.4, -0.2) is 16.2 Å². The molecule has 15 heavy (non-hydrogen) atoms. The lowest BCUT2D eigenvalue weighted by Gasteiger charge is -1.98. The number of halogens is 1. The zero-order valence-electron chi connectivity index (χ0n) is 7.98. The molecule has 4 heteroatoms. The van der Waals surface area contributed by atoms with E-state index in [2.05, 4.69) is 0 Å². The summed E-state index contributed by atoms with van der Waals surface area (Å²) in [4.78, 5) is 10.4. The first-order chi connectivity index (χ1) is 7.09. The summed E-state index contributed by atoms with van der Waals surface area (Å²) in [5.41, 5.74) is 1.03. The van der Waals surface area contributed by atoms with Crippen molar-refractivity contribution < 1.29 is 15.0 Å². The lowest BCUT2D eigenvalue weighted by atomic mass is 10.1. The number of phenols is 1. The van der Waals surface area contributed by atoms with Crippen LogP contribution < -0.4 is 0 Å². The number of aliphatic carboxylic acids is 1. The maximum atomic E-state index is 10.4. The topological polar surface area (TPSA) is 57.5 Å². The van der Waals surface area contributed by atoms with Gasteiger partial charge in [-0.1, -0.05) is 29.8 Å². The maximum Gasteiger partial charge on any atom is 0.346 e. The summed E-state index contributed by atoms with van der Waals surface area (Å²) < 4.78 is 0. The molecule has 0 aliphatic heterocycles. The van der Waals surface area contributed by atoms with E-state index in [0.29, 0.717) is 12.8 Å². The Morgan fingerprint density at radius 2 is 1.93 bits per heavy atom. The number of rotatable bonds is 4. The number of carboxylic acid groups (broad SMARTS) is 1. The number of phenolic OH excluding ortho intramolecular Hbond substituents is 1. The number of aromatic hydroxyl groups is 1. The van der Waals surface area contributed by atoms with Gasteiger partial charge in [0.1, 0.15) is 10.8 Å². The van der Waals surface area contributed by atoms with Gasteiger partial charge in [0.2, 0.25) is 0 Å². The van der Waals surface area contributed by atoms with E-state index >= 15 is 0 Å². The minimum absolute atomic E-state index is 0.159. The molecule has 0 bridgehead atoms. The molecule has 0 atom stereocenters. The highest BCUT2D eigenvalue weighted by Gasteiger charge is 2.01. The largest absolute Gasteiger partial charge is 0.508 e. The summed E-state index contributed by atoms with van der Waals surface area (Å²) in [5.74, 6) is -0.889. The summed E-state index contributed by atoms with van der Waals surface area (Å²) in [7, 11) is 0. The van der Waals surface area contributed by atoms with Crippen molar-refractivity contribution in [1.82, 2.24) is 0 Å². The minimum atomic E-state index is -1.11. The Bertz CT molecular complexity index is 368. The van der Waals surface area contributed by atoms with E-state index < -0.39 is 5.97 Å². The molecule has 0 aliphatic carbocycles. The average Bonchev–Trinajstić information content (AvgIpc) is 2.20. The Hall–Kier alpha value is -1.48. The van der Waals surface area contributed by atoms with Crippen LogP contribution in [0.15, 0.2) is 35.4 Å². The van der Waals surface area contributed by atoms with Crippen molar-refractivity contribution in [3.63, 3.8) is 0 Å². The summed E-state index contributed by atoms with van der Waals surface area (Å²) in [6, 6.07) is 6.77. The average molecular weight is 227 g/mol. The molecule has 3 nitrogen and oxygen atoms in total. The molecule has 0 saturated heterocycles. The summed E-state index contributed by atoms with van der Waals surface area (Å²) in [5, 5.41) is 17.4. The number of hydrogen-bond donors (Lipinski definition) is 2. The van der Waals surface area contributed by atoms with Crippen LogP contribution in [0.3, 0.4) is 0 Å². The second-order valence-corrected chi connectivity index (χ2v) is 3.47. The molecule has 0 aliphatic rings. The van der Waals surface area contributed by atoms with Crippen molar-refractivity contribution in [1.29, 1.82) is 0 Å². The molecule has 0 spiro atoms. The van der Waals surface area contributed by atoms with Gasteiger partial charge >= 0.3 is 5.97 Å². The summed E-state index contributed by atoms with van der Waals surface area (Å²) >= 11 is 5.43. The fraction of sp³-hybridized carbons (Fsp3) is 0.182. The van der Waals surface area contributed by atoms with Gasteiger partial charge in [-0.05, 0) is 30.5 Å². The summed E-state index contributed by atoms with van der Waals surface area (Å²) in [6.07, 6.45) is 2.73. The fourth-order valence-corrected chi connectivity index (χ4v) is 1.22. The third-order valence-corrected chi connectivity index (χ3v) is 2.21. The lowest BCUT2D eigenvalue weighted by Crippen LogP contribution is -1.93. The highest BCUT2D eigenvalue weighted by molar-refractivity contribution is 6.40. The quantitative estimate of drug-likeness (QED) is 0.776. The monoisotopic (exact) mass is 226 g/mol. The Balaban J connectivity index is 2.48. The first kappa shape index (κ1) is 11.6. The Morgan fingerprint density at radius 1 is 1.33 bits per heavy atom. The second kappa shape index (κ2) is 5.41. The molecular formula is C11H11ClO3. The highest BCUT2D eigenvalue weighted by Crippen LogP contribution is 2.12.